The molecule has 0 spiro atoms. The molecule has 1 aliphatic rings. The number of carboxylic acid groups (broad SMARTS) is 2. The lowest BCUT2D eigenvalue weighted by Gasteiger charge is -2.15. The lowest BCUT2D eigenvalue weighted by Crippen LogP contribution is -2.30. The van der Waals surface area contributed by atoms with Crippen LogP contribution in [0.25, 0.3) is 0 Å². The number of hydrogen-bond acceptors (Lipinski definition) is 3. The molecule has 0 saturated carbocycles. The van der Waals surface area contributed by atoms with Gasteiger partial charge in [-0.3, -0.25) is 4.79 Å². The molecule has 7 heteroatoms. The van der Waals surface area contributed by atoms with E-state index in [9.17, 15) is 18.4 Å². The normalized spacial score (nSPS) is 20.7. The van der Waals surface area contributed by atoms with E-state index in [-0.39, 0.29) is 24.1 Å². The minimum absolute atomic E-state index is 0.0329. The van der Waals surface area contributed by atoms with E-state index in [0.29, 0.717) is 6.07 Å². The Morgan fingerprint density at radius 3 is 2.53 bits per heavy atom. The van der Waals surface area contributed by atoms with E-state index < -0.39 is 35.5 Å². The molecule has 0 saturated heterocycles. The van der Waals surface area contributed by atoms with E-state index in [1.165, 1.54) is 0 Å². The quantitative estimate of drug-likeness (QED) is 0.777. The molecule has 0 fully saturated rings. The highest BCUT2D eigenvalue weighted by Gasteiger charge is 2.39. The van der Waals surface area contributed by atoms with Crippen LogP contribution in [0.15, 0.2) is 12.1 Å². The summed E-state index contributed by atoms with van der Waals surface area (Å²) in [5.41, 5.74) is 0.107. The summed E-state index contributed by atoms with van der Waals surface area (Å²) >= 11 is 0. The van der Waals surface area contributed by atoms with Gasteiger partial charge < -0.3 is 15.5 Å². The molecule has 1 aliphatic heterocycles. The molecular weight excluding hydrogens is 260 g/mol. The molecule has 5 nitrogen and oxygen atoms in total. The summed E-state index contributed by atoms with van der Waals surface area (Å²) in [4.78, 5) is 21.7. The Bertz CT molecular complexity index is 547. The minimum atomic E-state index is -1.23. The van der Waals surface area contributed by atoms with Crippen molar-refractivity contribution in [3.8, 4) is 0 Å². The maximum Gasteiger partial charge on any atom is 0.326 e. The predicted molar refractivity (Wildman–Crippen MR) is 61.0 cm³/mol. The largest absolute Gasteiger partial charge is 0.481 e. The van der Waals surface area contributed by atoms with Crippen molar-refractivity contribution in [2.24, 2.45) is 0 Å². The van der Waals surface area contributed by atoms with E-state index in [2.05, 4.69) is 5.32 Å². The number of halogens is 2. The third kappa shape index (κ3) is 2.49. The molecule has 0 aliphatic carbocycles. The fraction of sp³-hybridized carbons (Fsp3) is 0.333. The second-order valence-electron chi connectivity index (χ2n) is 4.35. The smallest absolute Gasteiger partial charge is 0.326 e. The summed E-state index contributed by atoms with van der Waals surface area (Å²) in [7, 11) is 0. The topological polar surface area (TPSA) is 86.6 Å². The minimum Gasteiger partial charge on any atom is -0.481 e. The van der Waals surface area contributed by atoms with Gasteiger partial charge in [0.15, 0.2) is 0 Å². The van der Waals surface area contributed by atoms with E-state index in [1.54, 1.807) is 0 Å². The molecular formula is C12H11F2NO4. The number of benzene rings is 1. The summed E-state index contributed by atoms with van der Waals surface area (Å²) in [6.45, 7) is 0. The Labute approximate surface area is 106 Å². The van der Waals surface area contributed by atoms with Crippen LogP contribution in [0.4, 0.5) is 14.5 Å². The Morgan fingerprint density at radius 2 is 1.95 bits per heavy atom. The molecule has 2 atom stereocenters. The van der Waals surface area contributed by atoms with Gasteiger partial charge in [0.05, 0.1) is 0 Å². The van der Waals surface area contributed by atoms with Crippen LogP contribution in [0.3, 0.4) is 0 Å². The Hall–Kier alpha value is -2.18. The third-order valence-electron chi connectivity index (χ3n) is 3.11. The summed E-state index contributed by atoms with van der Waals surface area (Å²) < 4.78 is 26.8. The summed E-state index contributed by atoms with van der Waals surface area (Å²) in [5, 5.41) is 20.2. The van der Waals surface area contributed by atoms with Crippen LogP contribution in [0.2, 0.25) is 0 Å². The van der Waals surface area contributed by atoms with Crippen molar-refractivity contribution >= 4 is 17.6 Å². The summed E-state index contributed by atoms with van der Waals surface area (Å²) in [6, 6.07) is 0.527. The van der Waals surface area contributed by atoms with Gasteiger partial charge in [-0.1, -0.05) is 0 Å². The highest BCUT2D eigenvalue weighted by molar-refractivity contribution is 5.83. The summed E-state index contributed by atoms with van der Waals surface area (Å²) in [5.74, 6) is -4.83. The summed E-state index contributed by atoms with van der Waals surface area (Å²) in [6.07, 6.45) is -0.318. The zero-order valence-electron chi connectivity index (χ0n) is 9.69. The second kappa shape index (κ2) is 4.83. The average Bonchev–Trinajstić information content (AvgIpc) is 2.64. The lowest BCUT2D eigenvalue weighted by atomic mass is 9.90. The molecule has 1 heterocycles. The number of aliphatic carboxylic acids is 2. The number of fused-ring (bicyclic) bond motifs is 1. The van der Waals surface area contributed by atoms with Gasteiger partial charge in [0.25, 0.3) is 0 Å². The molecule has 0 bridgehead atoms. The van der Waals surface area contributed by atoms with E-state index >= 15 is 0 Å². The van der Waals surface area contributed by atoms with Crippen molar-refractivity contribution in [2.45, 2.75) is 24.8 Å². The van der Waals surface area contributed by atoms with Gasteiger partial charge in [-0.25, -0.2) is 13.6 Å². The zero-order valence-corrected chi connectivity index (χ0v) is 9.69. The monoisotopic (exact) mass is 271 g/mol. The molecule has 1 aromatic rings. The van der Waals surface area contributed by atoms with Crippen LogP contribution >= 0.6 is 0 Å². The molecule has 102 valence electrons. The van der Waals surface area contributed by atoms with Gasteiger partial charge in [-0.15, -0.1) is 0 Å². The maximum absolute atomic E-state index is 13.7. The third-order valence-corrected chi connectivity index (χ3v) is 3.11. The molecule has 0 aromatic heterocycles. The molecule has 1 aromatic carbocycles. The molecule has 19 heavy (non-hydrogen) atoms. The molecule has 2 unspecified atom stereocenters. The molecule has 0 radical (unpaired) electrons. The zero-order chi connectivity index (χ0) is 14.2. The van der Waals surface area contributed by atoms with Crippen LogP contribution in [-0.4, -0.2) is 28.2 Å². The highest BCUT2D eigenvalue weighted by Crippen LogP contribution is 2.41. The van der Waals surface area contributed by atoms with Crippen LogP contribution in [0.1, 0.15) is 24.3 Å². The van der Waals surface area contributed by atoms with Gasteiger partial charge in [0.2, 0.25) is 0 Å². The predicted octanol–water partition coefficient (Wildman–Crippen LogP) is 1.79. The van der Waals surface area contributed by atoms with E-state index in [1.807, 2.05) is 0 Å². The van der Waals surface area contributed by atoms with Crippen LogP contribution in [-0.2, 0) is 9.59 Å². The van der Waals surface area contributed by atoms with Crippen molar-refractivity contribution in [1.82, 2.24) is 0 Å². The first-order valence-corrected chi connectivity index (χ1v) is 5.60. The number of rotatable bonds is 4. The average molecular weight is 271 g/mol. The SMILES string of the molecule is O=C(O)CCC1c2c(F)cc(F)cc2NC1C(=O)O. The number of carboxylic acids is 2. The maximum atomic E-state index is 13.7. The first-order valence-electron chi connectivity index (χ1n) is 5.60. The van der Waals surface area contributed by atoms with Crippen molar-refractivity contribution < 1.29 is 28.6 Å². The number of carbonyl (C=O) groups is 2. The molecule has 0 amide bonds. The molecule has 3 N–H and O–H groups in total. The van der Waals surface area contributed by atoms with E-state index in [4.69, 9.17) is 10.2 Å². The van der Waals surface area contributed by atoms with Crippen molar-refractivity contribution in [3.05, 3.63) is 29.3 Å². The fourth-order valence-corrected chi connectivity index (χ4v) is 2.34. The number of hydrogen-bond donors (Lipinski definition) is 3. The van der Waals surface area contributed by atoms with Gasteiger partial charge in [0, 0.05) is 29.7 Å². The van der Waals surface area contributed by atoms with Gasteiger partial charge in [-0.2, -0.15) is 0 Å². The standard InChI is InChI=1S/C12H11F2NO4/c13-5-3-7(14)10-6(1-2-9(16)17)11(12(18)19)15-8(10)4-5/h3-4,6,11,15H,1-2H2,(H,16,17)(H,18,19). The Morgan fingerprint density at radius 1 is 1.26 bits per heavy atom. The lowest BCUT2D eigenvalue weighted by molar-refractivity contribution is -0.140. The van der Waals surface area contributed by atoms with E-state index in [0.717, 1.165) is 6.07 Å². The first kappa shape index (κ1) is 13.3. The number of anilines is 1. The molecule has 2 rings (SSSR count). The van der Waals surface area contributed by atoms with Gasteiger partial charge >= 0.3 is 11.9 Å². The van der Waals surface area contributed by atoms with Crippen molar-refractivity contribution in [1.29, 1.82) is 0 Å². The van der Waals surface area contributed by atoms with Crippen molar-refractivity contribution in [3.63, 3.8) is 0 Å². The highest BCUT2D eigenvalue weighted by atomic mass is 19.1. The second-order valence-corrected chi connectivity index (χ2v) is 4.35. The Kier molecular flexibility index (Phi) is 3.37. The fourth-order valence-electron chi connectivity index (χ4n) is 2.34. The Balaban J connectivity index is 2.38. The van der Waals surface area contributed by atoms with Crippen molar-refractivity contribution in [2.75, 3.05) is 5.32 Å². The van der Waals surface area contributed by atoms with Gasteiger partial charge in [-0.05, 0) is 12.5 Å². The van der Waals surface area contributed by atoms with Crippen LogP contribution in [0, 0.1) is 11.6 Å². The van der Waals surface area contributed by atoms with Crippen LogP contribution < -0.4 is 5.32 Å². The van der Waals surface area contributed by atoms with Crippen LogP contribution in [0.5, 0.6) is 0 Å². The first-order chi connectivity index (χ1) is 8.90. The number of nitrogens with one attached hydrogen (secondary N) is 1. The van der Waals surface area contributed by atoms with Gasteiger partial charge in [0.1, 0.15) is 17.7 Å².